The molecule has 5 nitrogen and oxygen atoms in total. The van der Waals surface area contributed by atoms with Crippen molar-refractivity contribution in [1.29, 1.82) is 0 Å². The van der Waals surface area contributed by atoms with Gasteiger partial charge in [0.1, 0.15) is 0 Å². The van der Waals surface area contributed by atoms with E-state index in [0.29, 0.717) is 6.54 Å². The van der Waals surface area contributed by atoms with Crippen LogP contribution in [0.25, 0.3) is 0 Å². The molecule has 2 amide bonds. The summed E-state index contributed by atoms with van der Waals surface area (Å²) in [7, 11) is 0. The first-order valence-electron chi connectivity index (χ1n) is 4.75. The summed E-state index contributed by atoms with van der Waals surface area (Å²) in [5.41, 5.74) is 0. The Labute approximate surface area is 88.4 Å². The second kappa shape index (κ2) is 4.69. The zero-order chi connectivity index (χ0) is 11.4. The number of carboxylic acid groups (broad SMARTS) is 1. The van der Waals surface area contributed by atoms with Crippen LogP contribution < -0.4 is 5.32 Å². The van der Waals surface area contributed by atoms with Crippen LogP contribution in [0.5, 0.6) is 0 Å². The zero-order valence-corrected chi connectivity index (χ0v) is 8.56. The number of hydrogen-bond acceptors (Lipinski definition) is 2. The Hall–Kier alpha value is -1.70. The molecule has 0 spiro atoms. The molecule has 1 fully saturated rings. The molecule has 2 N–H and O–H groups in total. The molecule has 0 aromatic heterocycles. The molecular weight excluding hydrogens is 196 g/mol. The second-order valence-corrected chi connectivity index (χ2v) is 3.69. The summed E-state index contributed by atoms with van der Waals surface area (Å²) in [6.45, 7) is 2.72. The average Bonchev–Trinajstić information content (AvgIpc) is 2.56. The minimum Gasteiger partial charge on any atom is -0.481 e. The molecule has 82 valence electrons. The van der Waals surface area contributed by atoms with Crippen LogP contribution in [-0.4, -0.2) is 41.6 Å². The minimum absolute atomic E-state index is 0.0147. The van der Waals surface area contributed by atoms with Crippen LogP contribution in [0.1, 0.15) is 6.92 Å². The van der Waals surface area contributed by atoms with Gasteiger partial charge in [0.25, 0.3) is 0 Å². The van der Waals surface area contributed by atoms with E-state index < -0.39 is 11.9 Å². The van der Waals surface area contributed by atoms with Crippen molar-refractivity contribution in [1.82, 2.24) is 10.2 Å². The van der Waals surface area contributed by atoms with Gasteiger partial charge in [0.2, 0.25) is 0 Å². The van der Waals surface area contributed by atoms with Gasteiger partial charge in [-0.3, -0.25) is 4.79 Å². The fourth-order valence-electron chi connectivity index (χ4n) is 1.69. The van der Waals surface area contributed by atoms with Gasteiger partial charge in [-0.15, -0.1) is 6.42 Å². The van der Waals surface area contributed by atoms with Crippen LogP contribution in [0.15, 0.2) is 0 Å². The molecule has 1 aliphatic rings. The highest BCUT2D eigenvalue weighted by molar-refractivity contribution is 5.77. The Morgan fingerprint density at radius 3 is 2.73 bits per heavy atom. The lowest BCUT2D eigenvalue weighted by Gasteiger charge is -2.15. The van der Waals surface area contributed by atoms with Crippen molar-refractivity contribution in [3.8, 4) is 12.3 Å². The van der Waals surface area contributed by atoms with Crippen molar-refractivity contribution < 1.29 is 14.7 Å². The third kappa shape index (κ3) is 2.62. The topological polar surface area (TPSA) is 69.6 Å². The highest BCUT2D eigenvalue weighted by Gasteiger charge is 2.36. The molecule has 0 aromatic rings. The SMILES string of the molecule is C#CCNC(=O)N1CC(C)C(C(=O)O)C1. The number of likely N-dealkylation sites (tertiary alicyclic amines) is 1. The molecule has 1 aliphatic heterocycles. The molecule has 2 atom stereocenters. The van der Waals surface area contributed by atoms with Crippen LogP contribution in [-0.2, 0) is 4.79 Å². The fourth-order valence-corrected chi connectivity index (χ4v) is 1.69. The number of aliphatic carboxylic acids is 1. The molecule has 0 bridgehead atoms. The van der Waals surface area contributed by atoms with Crippen molar-refractivity contribution in [2.45, 2.75) is 6.92 Å². The number of nitrogens with zero attached hydrogens (tertiary/aromatic N) is 1. The van der Waals surface area contributed by atoms with Crippen LogP contribution in [0.2, 0.25) is 0 Å². The van der Waals surface area contributed by atoms with Gasteiger partial charge in [0.05, 0.1) is 12.5 Å². The molecule has 1 rings (SSSR count). The van der Waals surface area contributed by atoms with E-state index in [9.17, 15) is 9.59 Å². The summed E-state index contributed by atoms with van der Waals surface area (Å²) in [6, 6.07) is -0.288. The highest BCUT2D eigenvalue weighted by atomic mass is 16.4. The van der Waals surface area contributed by atoms with Gasteiger partial charge >= 0.3 is 12.0 Å². The minimum atomic E-state index is -0.852. The number of amides is 2. The van der Waals surface area contributed by atoms with E-state index in [2.05, 4.69) is 11.2 Å². The van der Waals surface area contributed by atoms with E-state index in [1.807, 2.05) is 6.92 Å². The molecule has 5 heteroatoms. The first-order valence-corrected chi connectivity index (χ1v) is 4.75. The molecule has 15 heavy (non-hydrogen) atoms. The summed E-state index contributed by atoms with van der Waals surface area (Å²) in [5, 5.41) is 11.4. The predicted molar refractivity (Wildman–Crippen MR) is 54.1 cm³/mol. The molecule has 0 saturated carbocycles. The van der Waals surface area contributed by atoms with E-state index in [-0.39, 0.29) is 25.0 Å². The Bertz CT molecular complexity index is 308. The van der Waals surface area contributed by atoms with Crippen molar-refractivity contribution in [2.75, 3.05) is 19.6 Å². The summed E-state index contributed by atoms with van der Waals surface area (Å²) in [5.74, 6) is 0.955. The van der Waals surface area contributed by atoms with Gasteiger partial charge in [0, 0.05) is 13.1 Å². The van der Waals surface area contributed by atoms with Crippen molar-refractivity contribution >= 4 is 12.0 Å². The van der Waals surface area contributed by atoms with E-state index in [1.165, 1.54) is 4.90 Å². The van der Waals surface area contributed by atoms with Crippen LogP contribution in [0.3, 0.4) is 0 Å². The maximum absolute atomic E-state index is 11.4. The number of carboxylic acids is 1. The molecule has 1 saturated heterocycles. The lowest BCUT2D eigenvalue weighted by atomic mass is 9.99. The monoisotopic (exact) mass is 210 g/mol. The molecule has 0 aliphatic carbocycles. The first-order chi connectivity index (χ1) is 7.06. The Morgan fingerprint density at radius 1 is 1.60 bits per heavy atom. The fraction of sp³-hybridized carbons (Fsp3) is 0.600. The third-order valence-electron chi connectivity index (χ3n) is 2.56. The standard InChI is InChI=1S/C10H14N2O3/c1-3-4-11-10(15)12-5-7(2)8(6-12)9(13)14/h1,7-8H,4-6H2,2H3,(H,11,15)(H,13,14). The quantitative estimate of drug-likeness (QED) is 0.629. The Kier molecular flexibility index (Phi) is 3.56. The number of hydrogen-bond donors (Lipinski definition) is 2. The zero-order valence-electron chi connectivity index (χ0n) is 8.56. The number of terminal acetylenes is 1. The predicted octanol–water partition coefficient (Wildman–Crippen LogP) is -0.0183. The van der Waals surface area contributed by atoms with Crippen LogP contribution in [0, 0.1) is 24.2 Å². The number of nitrogens with one attached hydrogen (secondary N) is 1. The number of carbonyl (C=O) groups is 2. The second-order valence-electron chi connectivity index (χ2n) is 3.69. The Morgan fingerprint density at radius 2 is 2.27 bits per heavy atom. The van der Waals surface area contributed by atoms with Gasteiger partial charge in [-0.2, -0.15) is 0 Å². The lowest BCUT2D eigenvalue weighted by Crippen LogP contribution is -2.39. The van der Waals surface area contributed by atoms with E-state index in [1.54, 1.807) is 0 Å². The number of urea groups is 1. The molecule has 0 aromatic carbocycles. The molecular formula is C10H14N2O3. The summed E-state index contributed by atoms with van der Waals surface area (Å²) >= 11 is 0. The van der Waals surface area contributed by atoms with Crippen LogP contribution in [0.4, 0.5) is 4.79 Å². The summed E-state index contributed by atoms with van der Waals surface area (Å²) < 4.78 is 0. The highest BCUT2D eigenvalue weighted by Crippen LogP contribution is 2.22. The summed E-state index contributed by atoms with van der Waals surface area (Å²) in [6.07, 6.45) is 5.00. The molecule has 1 heterocycles. The van der Waals surface area contributed by atoms with Crippen molar-refractivity contribution in [2.24, 2.45) is 11.8 Å². The van der Waals surface area contributed by atoms with Crippen molar-refractivity contribution in [3.63, 3.8) is 0 Å². The largest absolute Gasteiger partial charge is 0.481 e. The van der Waals surface area contributed by atoms with Crippen LogP contribution >= 0.6 is 0 Å². The van der Waals surface area contributed by atoms with Gasteiger partial charge in [-0.25, -0.2) is 4.79 Å². The number of rotatable bonds is 2. The molecule has 0 radical (unpaired) electrons. The number of carbonyl (C=O) groups excluding carboxylic acids is 1. The van der Waals surface area contributed by atoms with Gasteiger partial charge in [-0.1, -0.05) is 12.8 Å². The lowest BCUT2D eigenvalue weighted by molar-refractivity contribution is -0.142. The van der Waals surface area contributed by atoms with Crippen molar-refractivity contribution in [3.05, 3.63) is 0 Å². The van der Waals surface area contributed by atoms with E-state index in [0.717, 1.165) is 0 Å². The maximum Gasteiger partial charge on any atom is 0.318 e. The normalized spacial score (nSPS) is 24.7. The van der Waals surface area contributed by atoms with Gasteiger partial charge in [0.15, 0.2) is 0 Å². The van der Waals surface area contributed by atoms with E-state index >= 15 is 0 Å². The third-order valence-corrected chi connectivity index (χ3v) is 2.56. The first kappa shape index (κ1) is 11.4. The average molecular weight is 210 g/mol. The summed E-state index contributed by atoms with van der Waals surface area (Å²) in [4.78, 5) is 23.7. The smallest absolute Gasteiger partial charge is 0.318 e. The maximum atomic E-state index is 11.4. The van der Waals surface area contributed by atoms with Gasteiger partial charge < -0.3 is 15.3 Å². The van der Waals surface area contributed by atoms with E-state index in [4.69, 9.17) is 11.5 Å². The Balaban J connectivity index is 2.51. The molecule has 2 unspecified atom stereocenters. The van der Waals surface area contributed by atoms with Gasteiger partial charge in [-0.05, 0) is 5.92 Å².